The zero-order valence-corrected chi connectivity index (χ0v) is 15.7. The molecule has 5 nitrogen and oxygen atoms in total. The van der Waals surface area contributed by atoms with E-state index >= 15 is 0 Å². The molecule has 2 aromatic carbocycles. The lowest BCUT2D eigenvalue weighted by atomic mass is 10.1. The molecule has 0 spiro atoms. The average Bonchev–Trinajstić information content (AvgIpc) is 3.36. The summed E-state index contributed by atoms with van der Waals surface area (Å²) < 4.78 is 1.95. The molecule has 0 saturated heterocycles. The average molecular weight is 381 g/mol. The van der Waals surface area contributed by atoms with Gasteiger partial charge in [-0.15, -0.1) is 0 Å². The van der Waals surface area contributed by atoms with E-state index in [2.05, 4.69) is 16.3 Å². The highest BCUT2D eigenvalue weighted by Gasteiger charge is 2.10. The number of hydrogen-bond acceptors (Lipinski definition) is 4. The summed E-state index contributed by atoms with van der Waals surface area (Å²) in [7, 11) is 0. The van der Waals surface area contributed by atoms with Gasteiger partial charge in [0.25, 0.3) is 0 Å². The molecule has 0 aliphatic heterocycles. The Kier molecular flexibility index (Phi) is 5.38. The van der Waals surface area contributed by atoms with E-state index in [1.807, 2.05) is 71.3 Å². The monoisotopic (exact) mass is 381 g/mol. The van der Waals surface area contributed by atoms with Crippen molar-refractivity contribution < 1.29 is 9.59 Å². The number of nitrogens with zero attached hydrogens (tertiary/aromatic N) is 3. The minimum atomic E-state index is 0.551. The molecule has 2 aromatic heterocycles. The van der Waals surface area contributed by atoms with Crippen LogP contribution in [-0.4, -0.2) is 27.3 Å². The molecular formula is C24H19N3O2. The summed E-state index contributed by atoms with van der Waals surface area (Å²) in [5.74, 6) is 0. The number of rotatable bonds is 4. The number of fused-ring (bicyclic) bond motifs is 2. The molecule has 2 heterocycles. The normalized spacial score (nSPS) is 11.9. The molecular weight excluding hydrogens is 362 g/mol. The second-order valence-electron chi connectivity index (χ2n) is 6.76. The van der Waals surface area contributed by atoms with Gasteiger partial charge in [-0.05, 0) is 47.0 Å². The number of allylic oxidation sites excluding steroid dienone is 1. The maximum atomic E-state index is 11.1. The molecule has 0 fully saturated rings. The Hall–Kier alpha value is -3.86. The Morgan fingerprint density at radius 1 is 0.931 bits per heavy atom. The minimum Gasteiger partial charge on any atom is -0.332 e. The largest absolute Gasteiger partial charge is 0.332 e. The number of aldehydes is 2. The van der Waals surface area contributed by atoms with Gasteiger partial charge in [-0.1, -0.05) is 42.5 Å². The van der Waals surface area contributed by atoms with Gasteiger partial charge in [-0.25, -0.2) is 0 Å². The minimum absolute atomic E-state index is 0.551. The Balaban J connectivity index is 0.000000159. The molecule has 0 N–H and O–H groups in total. The van der Waals surface area contributed by atoms with E-state index in [1.54, 1.807) is 6.20 Å². The molecule has 142 valence electrons. The third kappa shape index (κ3) is 4.04. The number of benzene rings is 2. The summed E-state index contributed by atoms with van der Waals surface area (Å²) >= 11 is 0. The van der Waals surface area contributed by atoms with E-state index < -0.39 is 0 Å². The van der Waals surface area contributed by atoms with E-state index in [-0.39, 0.29) is 0 Å². The highest BCUT2D eigenvalue weighted by atomic mass is 16.1. The molecule has 5 rings (SSSR count). The van der Waals surface area contributed by atoms with Gasteiger partial charge in [0, 0.05) is 23.5 Å². The highest BCUT2D eigenvalue weighted by molar-refractivity contribution is 5.89. The van der Waals surface area contributed by atoms with Crippen LogP contribution in [0.2, 0.25) is 0 Å². The lowest BCUT2D eigenvalue weighted by Gasteiger charge is -2.06. The first kappa shape index (κ1) is 18.5. The van der Waals surface area contributed by atoms with Gasteiger partial charge in [-0.3, -0.25) is 9.59 Å². The number of carbonyl (C=O) groups is 2. The van der Waals surface area contributed by atoms with Crippen LogP contribution in [0.25, 0.3) is 17.0 Å². The van der Waals surface area contributed by atoms with Crippen LogP contribution in [0.15, 0.2) is 78.5 Å². The van der Waals surface area contributed by atoms with Crippen LogP contribution in [0, 0.1) is 0 Å². The third-order valence-corrected chi connectivity index (χ3v) is 4.85. The summed E-state index contributed by atoms with van der Waals surface area (Å²) in [6.45, 7) is 0.551. The second-order valence-corrected chi connectivity index (χ2v) is 6.76. The molecule has 29 heavy (non-hydrogen) atoms. The van der Waals surface area contributed by atoms with Crippen molar-refractivity contribution in [2.45, 2.75) is 13.0 Å². The predicted molar refractivity (Wildman–Crippen MR) is 113 cm³/mol. The van der Waals surface area contributed by atoms with Crippen LogP contribution < -0.4 is 0 Å². The smallest absolute Gasteiger partial charge is 0.166 e. The summed E-state index contributed by atoms with van der Waals surface area (Å²) in [6, 6.07) is 21.6. The number of aromatic nitrogens is 3. The van der Waals surface area contributed by atoms with Crippen molar-refractivity contribution in [2.24, 2.45) is 0 Å². The van der Waals surface area contributed by atoms with E-state index in [0.717, 1.165) is 41.2 Å². The molecule has 0 amide bonds. The first-order chi connectivity index (χ1) is 14.3. The molecule has 0 bridgehead atoms. The summed E-state index contributed by atoms with van der Waals surface area (Å²) in [4.78, 5) is 21.5. The van der Waals surface area contributed by atoms with Crippen LogP contribution in [0.1, 0.15) is 27.3 Å². The van der Waals surface area contributed by atoms with Crippen LogP contribution in [0.4, 0.5) is 0 Å². The zero-order chi connectivity index (χ0) is 20.1. The van der Waals surface area contributed by atoms with Gasteiger partial charge >= 0.3 is 0 Å². The maximum Gasteiger partial charge on any atom is 0.166 e. The SMILES string of the molecule is O=CC1=Cc2ccccc2C1.O=Cc1cc2ccccc2n1Cc1cccnn1. The Labute approximate surface area is 168 Å². The Bertz CT molecular complexity index is 1190. The van der Waals surface area contributed by atoms with Gasteiger partial charge in [0.15, 0.2) is 6.29 Å². The van der Waals surface area contributed by atoms with Gasteiger partial charge < -0.3 is 4.57 Å². The summed E-state index contributed by atoms with van der Waals surface area (Å²) in [6.07, 6.45) is 6.19. The Morgan fingerprint density at radius 3 is 2.52 bits per heavy atom. The van der Waals surface area contributed by atoms with Crippen molar-refractivity contribution in [1.29, 1.82) is 0 Å². The van der Waals surface area contributed by atoms with Crippen LogP contribution in [0.3, 0.4) is 0 Å². The number of carbonyl (C=O) groups excluding carboxylic acids is 2. The lowest BCUT2D eigenvalue weighted by molar-refractivity contribution is -0.104. The van der Waals surface area contributed by atoms with Crippen molar-refractivity contribution in [2.75, 3.05) is 0 Å². The van der Waals surface area contributed by atoms with Crippen molar-refractivity contribution in [3.8, 4) is 0 Å². The van der Waals surface area contributed by atoms with E-state index in [0.29, 0.717) is 12.2 Å². The molecule has 4 aromatic rings. The first-order valence-electron chi connectivity index (χ1n) is 9.32. The fourth-order valence-electron chi connectivity index (χ4n) is 3.47. The standard InChI is InChI=1S/C14H11N3O.C10H8O/c18-10-13-8-11-4-1-2-6-14(11)17(13)9-12-5-3-7-15-16-12;11-7-8-5-9-3-1-2-4-10(9)6-8/h1-8,10H,9H2;1-5,7H,6H2. The van der Waals surface area contributed by atoms with E-state index in [4.69, 9.17) is 0 Å². The molecule has 0 radical (unpaired) electrons. The van der Waals surface area contributed by atoms with Crippen LogP contribution in [-0.2, 0) is 17.8 Å². The van der Waals surface area contributed by atoms with E-state index in [9.17, 15) is 9.59 Å². The molecule has 0 unspecified atom stereocenters. The van der Waals surface area contributed by atoms with Gasteiger partial charge in [0.05, 0.1) is 17.9 Å². The molecule has 1 aliphatic rings. The topological polar surface area (TPSA) is 64.8 Å². The van der Waals surface area contributed by atoms with Crippen LogP contribution >= 0.6 is 0 Å². The van der Waals surface area contributed by atoms with E-state index in [1.165, 1.54) is 11.1 Å². The summed E-state index contributed by atoms with van der Waals surface area (Å²) in [5.41, 5.74) is 5.85. The fraction of sp³-hybridized carbons (Fsp3) is 0.0833. The first-order valence-corrected chi connectivity index (χ1v) is 9.32. The summed E-state index contributed by atoms with van der Waals surface area (Å²) in [5, 5.41) is 8.96. The fourth-order valence-corrected chi connectivity index (χ4v) is 3.47. The van der Waals surface area contributed by atoms with Crippen molar-refractivity contribution in [1.82, 2.24) is 14.8 Å². The van der Waals surface area contributed by atoms with Crippen molar-refractivity contribution >= 4 is 29.6 Å². The van der Waals surface area contributed by atoms with Crippen molar-refractivity contribution in [3.05, 3.63) is 101 Å². The maximum absolute atomic E-state index is 11.1. The zero-order valence-electron chi connectivity index (χ0n) is 15.7. The van der Waals surface area contributed by atoms with Crippen LogP contribution in [0.5, 0.6) is 0 Å². The third-order valence-electron chi connectivity index (χ3n) is 4.85. The predicted octanol–water partition coefficient (Wildman–Crippen LogP) is 4.12. The number of para-hydroxylation sites is 1. The van der Waals surface area contributed by atoms with Gasteiger partial charge in [-0.2, -0.15) is 10.2 Å². The quantitative estimate of drug-likeness (QED) is 0.499. The molecule has 1 aliphatic carbocycles. The lowest BCUT2D eigenvalue weighted by Crippen LogP contribution is -2.05. The molecule has 5 heteroatoms. The molecule has 0 atom stereocenters. The van der Waals surface area contributed by atoms with Gasteiger partial charge in [0.2, 0.25) is 0 Å². The highest BCUT2D eigenvalue weighted by Crippen LogP contribution is 2.23. The molecule has 0 saturated carbocycles. The number of hydrogen-bond donors (Lipinski definition) is 0. The Morgan fingerprint density at radius 2 is 1.76 bits per heavy atom. The van der Waals surface area contributed by atoms with Gasteiger partial charge in [0.1, 0.15) is 6.29 Å². The second kappa shape index (κ2) is 8.44. The van der Waals surface area contributed by atoms with Crippen molar-refractivity contribution in [3.63, 3.8) is 0 Å².